The van der Waals surface area contributed by atoms with Crippen molar-refractivity contribution in [2.45, 2.75) is 36.6 Å². The van der Waals surface area contributed by atoms with E-state index in [9.17, 15) is 0 Å². The molecule has 2 fully saturated rings. The van der Waals surface area contributed by atoms with Crippen molar-refractivity contribution in [2.24, 2.45) is 0 Å². The van der Waals surface area contributed by atoms with Crippen molar-refractivity contribution in [1.29, 1.82) is 5.26 Å². The Morgan fingerprint density at radius 3 is 2.42 bits per heavy atom. The second-order valence-electron chi connectivity index (χ2n) is 6.83. The molecule has 1 aromatic heterocycles. The van der Waals surface area contributed by atoms with E-state index >= 15 is 0 Å². The maximum atomic E-state index is 8.66. The first-order chi connectivity index (χ1) is 12.8. The molecule has 0 aliphatic carbocycles. The molecule has 2 aromatic rings. The van der Waals surface area contributed by atoms with Crippen LogP contribution in [0, 0.1) is 11.3 Å². The van der Waals surface area contributed by atoms with Gasteiger partial charge in [-0.15, -0.1) is 12.6 Å². The molecule has 0 spiro atoms. The minimum Gasteiger partial charge on any atom is -0.315 e. The van der Waals surface area contributed by atoms with Gasteiger partial charge in [-0.3, -0.25) is 9.88 Å². The molecule has 2 aliphatic heterocycles. The van der Waals surface area contributed by atoms with Crippen LogP contribution in [-0.2, 0) is 0 Å². The van der Waals surface area contributed by atoms with Gasteiger partial charge in [0.25, 0.3) is 0 Å². The summed E-state index contributed by atoms with van der Waals surface area (Å²) in [4.78, 5) is 7.76. The van der Waals surface area contributed by atoms with Gasteiger partial charge >= 0.3 is 0 Å². The number of pyridine rings is 1. The second kappa shape index (κ2) is 9.72. The summed E-state index contributed by atoms with van der Waals surface area (Å²) in [6.45, 7) is 5.18. The van der Waals surface area contributed by atoms with Gasteiger partial charge in [0.1, 0.15) is 0 Å². The van der Waals surface area contributed by atoms with E-state index in [0.29, 0.717) is 5.56 Å². The first kappa shape index (κ1) is 18.9. The third-order valence-electron chi connectivity index (χ3n) is 5.00. The number of hydrogen-bond acceptors (Lipinski definition) is 5. The summed E-state index contributed by atoms with van der Waals surface area (Å²) in [5, 5.41) is 12.1. The molecule has 4 nitrogen and oxygen atoms in total. The number of piperidine rings is 1. The number of rotatable bonds is 2. The Kier molecular flexibility index (Phi) is 7.07. The lowest BCUT2D eigenvalue weighted by Gasteiger charge is -2.31. The monoisotopic (exact) mass is 366 g/mol. The van der Waals surface area contributed by atoms with Crippen molar-refractivity contribution in [2.75, 3.05) is 26.2 Å². The van der Waals surface area contributed by atoms with Crippen LogP contribution in [0.1, 0.15) is 31.2 Å². The number of thiol groups is 1. The molecule has 5 heteroatoms. The van der Waals surface area contributed by atoms with Crippen LogP contribution in [0.4, 0.5) is 0 Å². The van der Waals surface area contributed by atoms with E-state index in [1.807, 2.05) is 24.3 Å². The van der Waals surface area contributed by atoms with Crippen molar-refractivity contribution in [3.05, 3.63) is 48.2 Å². The molecule has 136 valence electrons. The van der Waals surface area contributed by atoms with E-state index in [4.69, 9.17) is 5.26 Å². The van der Waals surface area contributed by atoms with Gasteiger partial charge in [-0.25, -0.2) is 0 Å². The molecule has 3 heterocycles. The molecule has 0 saturated carbocycles. The molecular weight excluding hydrogens is 340 g/mol. The third kappa shape index (κ3) is 5.31. The fourth-order valence-corrected chi connectivity index (χ4v) is 3.64. The minimum absolute atomic E-state index is 0.657. The van der Waals surface area contributed by atoms with Crippen molar-refractivity contribution in [1.82, 2.24) is 15.2 Å². The molecule has 4 rings (SSSR count). The van der Waals surface area contributed by atoms with Crippen LogP contribution in [0.3, 0.4) is 0 Å². The molecule has 1 unspecified atom stereocenters. The fraction of sp³-hybridized carbons (Fsp3) is 0.429. The van der Waals surface area contributed by atoms with Crippen molar-refractivity contribution >= 4 is 12.6 Å². The number of likely N-dealkylation sites (tertiary alicyclic amines) is 1. The lowest BCUT2D eigenvalue weighted by atomic mass is 10.1. The fourth-order valence-electron chi connectivity index (χ4n) is 3.51. The van der Waals surface area contributed by atoms with E-state index < -0.39 is 0 Å². The molecule has 1 aromatic carbocycles. The van der Waals surface area contributed by atoms with E-state index in [1.165, 1.54) is 51.9 Å². The van der Waals surface area contributed by atoms with Crippen LogP contribution in [0.25, 0.3) is 11.3 Å². The molecule has 26 heavy (non-hydrogen) atoms. The van der Waals surface area contributed by atoms with Gasteiger partial charge in [0, 0.05) is 29.2 Å². The average Bonchev–Trinajstić information content (AvgIpc) is 3.25. The molecule has 1 atom stereocenters. The van der Waals surface area contributed by atoms with Crippen LogP contribution in [0.5, 0.6) is 0 Å². The number of nitrogens with one attached hydrogen (secondary N) is 1. The number of benzene rings is 1. The predicted octanol–water partition coefficient (Wildman–Crippen LogP) is 3.74. The SMILES string of the molecule is C1CCN(C2CCNC2)CC1.N#Cc1ccc(-c2ccc(S)cn2)cc1. The minimum atomic E-state index is 0.657. The molecule has 0 radical (unpaired) electrons. The summed E-state index contributed by atoms with van der Waals surface area (Å²) in [5.41, 5.74) is 2.55. The van der Waals surface area contributed by atoms with Gasteiger partial charge in [0.2, 0.25) is 0 Å². The van der Waals surface area contributed by atoms with Crippen molar-refractivity contribution < 1.29 is 0 Å². The topological polar surface area (TPSA) is 52.0 Å². The Balaban J connectivity index is 0.000000158. The van der Waals surface area contributed by atoms with E-state index in [1.54, 1.807) is 18.3 Å². The van der Waals surface area contributed by atoms with Gasteiger partial charge in [-0.05, 0) is 63.2 Å². The summed E-state index contributed by atoms with van der Waals surface area (Å²) in [5.74, 6) is 0. The highest BCUT2D eigenvalue weighted by molar-refractivity contribution is 7.80. The Morgan fingerprint density at radius 2 is 1.85 bits per heavy atom. The first-order valence-corrected chi connectivity index (χ1v) is 9.81. The maximum absolute atomic E-state index is 8.66. The standard InChI is InChI=1S/C12H8N2S.C9H18N2/c13-7-9-1-3-10(4-2-9)12-6-5-11(15)8-14-12;1-2-6-11(7-3-1)9-4-5-10-8-9/h1-6,8,15H;9-10H,1-8H2. The smallest absolute Gasteiger partial charge is 0.0991 e. The first-order valence-electron chi connectivity index (χ1n) is 9.36. The lowest BCUT2D eigenvalue weighted by molar-refractivity contribution is 0.173. The molecule has 2 saturated heterocycles. The van der Waals surface area contributed by atoms with Crippen molar-refractivity contribution in [3.63, 3.8) is 0 Å². The van der Waals surface area contributed by atoms with E-state index in [0.717, 1.165) is 22.2 Å². The Bertz CT molecular complexity index is 709. The average molecular weight is 367 g/mol. The summed E-state index contributed by atoms with van der Waals surface area (Å²) in [6.07, 6.45) is 7.39. The summed E-state index contributed by atoms with van der Waals surface area (Å²) >= 11 is 4.17. The molecule has 1 N–H and O–H groups in total. The quantitative estimate of drug-likeness (QED) is 0.795. The van der Waals surface area contributed by atoms with Gasteiger partial charge in [-0.2, -0.15) is 5.26 Å². The molecular formula is C21H26N4S. The predicted molar refractivity (Wildman–Crippen MR) is 108 cm³/mol. The zero-order chi connectivity index (χ0) is 18.2. The Hall–Kier alpha value is -1.87. The zero-order valence-corrected chi connectivity index (χ0v) is 16.0. The molecule has 2 aliphatic rings. The van der Waals surface area contributed by atoms with E-state index in [-0.39, 0.29) is 0 Å². The molecule has 0 bridgehead atoms. The second-order valence-corrected chi connectivity index (χ2v) is 7.35. The Labute approximate surface area is 161 Å². The number of nitrogens with zero attached hydrogens (tertiary/aromatic N) is 3. The Morgan fingerprint density at radius 1 is 1.08 bits per heavy atom. The zero-order valence-electron chi connectivity index (χ0n) is 15.1. The summed E-state index contributed by atoms with van der Waals surface area (Å²) < 4.78 is 0. The van der Waals surface area contributed by atoms with Crippen LogP contribution >= 0.6 is 12.6 Å². The maximum Gasteiger partial charge on any atom is 0.0991 e. The van der Waals surface area contributed by atoms with Crippen LogP contribution < -0.4 is 5.32 Å². The highest BCUT2D eigenvalue weighted by Gasteiger charge is 2.22. The van der Waals surface area contributed by atoms with E-state index in [2.05, 4.69) is 33.9 Å². The van der Waals surface area contributed by atoms with Gasteiger partial charge < -0.3 is 5.32 Å². The number of aromatic nitrogens is 1. The van der Waals surface area contributed by atoms with Gasteiger partial charge in [0.15, 0.2) is 0 Å². The van der Waals surface area contributed by atoms with Gasteiger partial charge in [0.05, 0.1) is 17.3 Å². The number of nitriles is 1. The van der Waals surface area contributed by atoms with Gasteiger partial charge in [-0.1, -0.05) is 18.6 Å². The van der Waals surface area contributed by atoms with Crippen LogP contribution in [0.15, 0.2) is 47.5 Å². The highest BCUT2D eigenvalue weighted by atomic mass is 32.1. The van der Waals surface area contributed by atoms with Crippen molar-refractivity contribution in [3.8, 4) is 17.3 Å². The summed E-state index contributed by atoms with van der Waals surface area (Å²) in [6, 6.07) is 14.1. The van der Waals surface area contributed by atoms with Crippen LogP contribution in [-0.4, -0.2) is 42.1 Å². The number of hydrogen-bond donors (Lipinski definition) is 2. The third-order valence-corrected chi connectivity index (χ3v) is 5.26. The summed E-state index contributed by atoms with van der Waals surface area (Å²) in [7, 11) is 0. The lowest BCUT2D eigenvalue weighted by Crippen LogP contribution is -2.40. The normalized spacial score (nSPS) is 20.1. The van der Waals surface area contributed by atoms with Crippen LogP contribution in [0.2, 0.25) is 0 Å². The highest BCUT2D eigenvalue weighted by Crippen LogP contribution is 2.18. The molecule has 0 amide bonds. The largest absolute Gasteiger partial charge is 0.315 e.